The van der Waals surface area contributed by atoms with Crippen LogP contribution in [-0.4, -0.2) is 41.0 Å². The molecule has 1 N–H and O–H groups in total. The molecule has 1 aliphatic heterocycles. The number of carbonyl (C=O) groups excluding carboxylic acids is 1. The van der Waals surface area contributed by atoms with Gasteiger partial charge >= 0.3 is 0 Å². The third-order valence-corrected chi connectivity index (χ3v) is 5.28. The van der Waals surface area contributed by atoms with Crippen LogP contribution in [0.5, 0.6) is 11.5 Å². The van der Waals surface area contributed by atoms with Gasteiger partial charge in [-0.25, -0.2) is 4.98 Å². The fourth-order valence-corrected chi connectivity index (χ4v) is 3.98. The number of nitrogens with one attached hydrogen (secondary N) is 1. The van der Waals surface area contributed by atoms with Gasteiger partial charge in [0.05, 0.1) is 35.8 Å². The van der Waals surface area contributed by atoms with Gasteiger partial charge in [-0.3, -0.25) is 4.79 Å². The Bertz CT molecular complexity index is 984. The normalized spacial score (nSPS) is 16.5. The number of carbonyl (C=O) groups is 1. The third kappa shape index (κ3) is 3.29. The van der Waals surface area contributed by atoms with Crippen LogP contribution in [0.25, 0.3) is 11.0 Å². The number of nitrogens with zero attached hydrogens (tertiary/aromatic N) is 2. The van der Waals surface area contributed by atoms with E-state index >= 15 is 0 Å². The van der Waals surface area contributed by atoms with Crippen molar-refractivity contribution in [2.75, 3.05) is 20.3 Å². The molecule has 1 amide bonds. The van der Waals surface area contributed by atoms with Gasteiger partial charge < -0.3 is 19.4 Å². The lowest BCUT2D eigenvalue weighted by Gasteiger charge is -2.24. The molecule has 3 aromatic rings. The Labute approximate surface area is 168 Å². The first kappa shape index (κ1) is 18.6. The minimum atomic E-state index is -0.0915. The van der Waals surface area contributed by atoms with Crippen LogP contribution in [0.3, 0.4) is 0 Å². The molecular formula is C21H22ClN3O3. The van der Waals surface area contributed by atoms with Crippen molar-refractivity contribution in [2.45, 2.75) is 25.8 Å². The summed E-state index contributed by atoms with van der Waals surface area (Å²) < 4.78 is 10.9. The minimum absolute atomic E-state index is 0.0868. The van der Waals surface area contributed by atoms with E-state index in [1.165, 1.54) is 7.11 Å². The van der Waals surface area contributed by atoms with E-state index in [9.17, 15) is 4.79 Å². The van der Waals surface area contributed by atoms with Crippen molar-refractivity contribution in [2.24, 2.45) is 0 Å². The summed E-state index contributed by atoms with van der Waals surface area (Å²) in [5, 5.41) is 0.365. The number of likely N-dealkylation sites (tertiary alicyclic amines) is 1. The molecule has 4 rings (SSSR count). The fourth-order valence-electron chi connectivity index (χ4n) is 3.72. The molecule has 0 spiro atoms. The summed E-state index contributed by atoms with van der Waals surface area (Å²) in [6.07, 6.45) is 1.79. The molecule has 0 bridgehead atoms. The second-order valence-corrected chi connectivity index (χ2v) is 7.13. The number of aromatic nitrogens is 2. The van der Waals surface area contributed by atoms with Crippen molar-refractivity contribution in [3.8, 4) is 11.5 Å². The Balaban J connectivity index is 1.66. The number of rotatable bonds is 5. The lowest BCUT2D eigenvalue weighted by molar-refractivity contribution is 0.0730. The zero-order valence-corrected chi connectivity index (χ0v) is 16.6. The summed E-state index contributed by atoms with van der Waals surface area (Å²) in [7, 11) is 1.54. The Morgan fingerprint density at radius 2 is 2.18 bits per heavy atom. The molecule has 1 atom stereocenters. The maximum absolute atomic E-state index is 13.3. The van der Waals surface area contributed by atoms with E-state index in [0.717, 1.165) is 29.7 Å². The molecule has 1 fully saturated rings. The Morgan fingerprint density at radius 3 is 2.93 bits per heavy atom. The SMILES string of the molecule is CCOc1c(Cl)cc(C(=O)N2CCCC2c2nc3ccccc3[nH]2)cc1OC. The largest absolute Gasteiger partial charge is 0.493 e. The molecule has 1 unspecified atom stereocenters. The van der Waals surface area contributed by atoms with Gasteiger partial charge in [0.25, 0.3) is 5.91 Å². The number of H-pyrrole nitrogens is 1. The van der Waals surface area contributed by atoms with Gasteiger partial charge in [-0.1, -0.05) is 23.7 Å². The van der Waals surface area contributed by atoms with Crippen molar-refractivity contribution >= 4 is 28.5 Å². The van der Waals surface area contributed by atoms with Crippen LogP contribution in [0.4, 0.5) is 0 Å². The summed E-state index contributed by atoms with van der Waals surface area (Å²) in [4.78, 5) is 23.2. The number of amides is 1. The number of methoxy groups -OCH3 is 1. The van der Waals surface area contributed by atoms with Gasteiger partial charge in [-0.05, 0) is 44.0 Å². The molecule has 0 aliphatic carbocycles. The first-order valence-corrected chi connectivity index (χ1v) is 9.76. The van der Waals surface area contributed by atoms with Crippen molar-refractivity contribution < 1.29 is 14.3 Å². The van der Waals surface area contributed by atoms with Gasteiger partial charge in [-0.15, -0.1) is 0 Å². The molecule has 6 nitrogen and oxygen atoms in total. The van der Waals surface area contributed by atoms with Crippen LogP contribution in [0, 0.1) is 0 Å². The molecule has 28 heavy (non-hydrogen) atoms. The molecule has 2 heterocycles. The van der Waals surface area contributed by atoms with Crippen molar-refractivity contribution in [3.05, 3.63) is 52.8 Å². The molecule has 2 aromatic carbocycles. The van der Waals surface area contributed by atoms with Crippen molar-refractivity contribution in [1.29, 1.82) is 0 Å². The predicted octanol–water partition coefficient (Wildman–Crippen LogP) is 4.60. The predicted molar refractivity (Wildman–Crippen MR) is 108 cm³/mol. The summed E-state index contributed by atoms with van der Waals surface area (Å²) in [5.74, 6) is 1.64. The monoisotopic (exact) mass is 399 g/mol. The Kier molecular flexibility index (Phi) is 5.13. The summed E-state index contributed by atoms with van der Waals surface area (Å²) in [5.41, 5.74) is 2.36. The topological polar surface area (TPSA) is 67.5 Å². The summed E-state index contributed by atoms with van der Waals surface area (Å²) in [6, 6.07) is 11.1. The number of aromatic amines is 1. The van der Waals surface area contributed by atoms with E-state index in [-0.39, 0.29) is 11.9 Å². The molecule has 1 saturated heterocycles. The molecule has 146 valence electrons. The lowest BCUT2D eigenvalue weighted by atomic mass is 10.1. The van der Waals surface area contributed by atoms with Gasteiger partial charge in [0.2, 0.25) is 0 Å². The Morgan fingerprint density at radius 1 is 1.36 bits per heavy atom. The average Bonchev–Trinajstić information content (AvgIpc) is 3.35. The Hall–Kier alpha value is -2.73. The number of benzene rings is 2. The maximum Gasteiger partial charge on any atom is 0.254 e. The van der Waals surface area contributed by atoms with Crippen LogP contribution in [0.2, 0.25) is 5.02 Å². The number of ether oxygens (including phenoxy) is 2. The van der Waals surface area contributed by atoms with Gasteiger partial charge in [0, 0.05) is 12.1 Å². The van der Waals surface area contributed by atoms with Crippen molar-refractivity contribution in [1.82, 2.24) is 14.9 Å². The minimum Gasteiger partial charge on any atom is -0.493 e. The van der Waals surface area contributed by atoms with Crippen molar-refractivity contribution in [3.63, 3.8) is 0 Å². The maximum atomic E-state index is 13.3. The number of halogens is 1. The fraction of sp³-hybridized carbons (Fsp3) is 0.333. The lowest BCUT2D eigenvalue weighted by Crippen LogP contribution is -2.31. The van der Waals surface area contributed by atoms with Crippen LogP contribution in [0.15, 0.2) is 36.4 Å². The quantitative estimate of drug-likeness (QED) is 0.680. The highest BCUT2D eigenvalue weighted by atomic mass is 35.5. The second-order valence-electron chi connectivity index (χ2n) is 6.72. The van der Waals surface area contributed by atoms with E-state index < -0.39 is 0 Å². The molecule has 0 saturated carbocycles. The number of para-hydroxylation sites is 2. The van der Waals surface area contributed by atoms with E-state index in [1.807, 2.05) is 36.1 Å². The van der Waals surface area contributed by atoms with E-state index in [1.54, 1.807) is 12.1 Å². The highest BCUT2D eigenvalue weighted by molar-refractivity contribution is 6.32. The number of fused-ring (bicyclic) bond motifs is 1. The number of imidazole rings is 1. The van der Waals surface area contributed by atoms with E-state index in [0.29, 0.717) is 35.2 Å². The van der Waals surface area contributed by atoms with Gasteiger partial charge in [0.15, 0.2) is 11.5 Å². The molecule has 0 radical (unpaired) electrons. The van der Waals surface area contributed by atoms with E-state index in [4.69, 9.17) is 26.1 Å². The second kappa shape index (κ2) is 7.72. The first-order valence-electron chi connectivity index (χ1n) is 9.38. The van der Waals surface area contributed by atoms with Crippen LogP contribution >= 0.6 is 11.6 Å². The summed E-state index contributed by atoms with van der Waals surface area (Å²) in [6.45, 7) is 3.01. The first-order chi connectivity index (χ1) is 13.6. The molecule has 1 aromatic heterocycles. The standard InChI is InChI=1S/C21H22ClN3O3/c1-3-28-19-14(22)11-13(12-18(19)27-2)21(26)25-10-6-9-17(25)20-23-15-7-4-5-8-16(15)24-20/h4-5,7-8,11-12,17H,3,6,9-10H2,1-2H3,(H,23,24). The third-order valence-electron chi connectivity index (χ3n) is 5.00. The zero-order valence-electron chi connectivity index (χ0n) is 15.9. The number of hydrogen-bond acceptors (Lipinski definition) is 4. The zero-order chi connectivity index (χ0) is 19.7. The van der Waals surface area contributed by atoms with Crippen LogP contribution < -0.4 is 9.47 Å². The molecule has 1 aliphatic rings. The van der Waals surface area contributed by atoms with Gasteiger partial charge in [-0.2, -0.15) is 0 Å². The average molecular weight is 400 g/mol. The summed E-state index contributed by atoms with van der Waals surface area (Å²) >= 11 is 6.36. The highest BCUT2D eigenvalue weighted by Gasteiger charge is 2.33. The smallest absolute Gasteiger partial charge is 0.254 e. The number of hydrogen-bond donors (Lipinski definition) is 1. The van der Waals surface area contributed by atoms with Crippen LogP contribution in [-0.2, 0) is 0 Å². The molecule has 7 heteroatoms. The highest BCUT2D eigenvalue weighted by Crippen LogP contribution is 2.38. The van der Waals surface area contributed by atoms with Gasteiger partial charge in [0.1, 0.15) is 5.82 Å². The molecular weight excluding hydrogens is 378 g/mol. The van der Waals surface area contributed by atoms with Crippen LogP contribution in [0.1, 0.15) is 42.0 Å². The van der Waals surface area contributed by atoms with E-state index in [2.05, 4.69) is 4.98 Å².